The first-order chi connectivity index (χ1) is 6.93. The van der Waals surface area contributed by atoms with Crippen molar-refractivity contribution in [3.8, 4) is 0 Å². The third kappa shape index (κ3) is 6.47. The van der Waals surface area contributed by atoms with E-state index in [-0.39, 0.29) is 11.6 Å². The standard InChI is InChI=1S/C11H23NO3/c1-5-11(3,4)15-8-7-9(12)10(13)14-6-2/h9H,5-8,12H2,1-4H3. The van der Waals surface area contributed by atoms with Gasteiger partial charge in [-0.2, -0.15) is 0 Å². The van der Waals surface area contributed by atoms with Crippen LogP contribution in [0.25, 0.3) is 0 Å². The Hall–Kier alpha value is -0.610. The molecule has 2 N–H and O–H groups in total. The molecule has 0 amide bonds. The fourth-order valence-electron chi connectivity index (χ4n) is 0.931. The molecule has 90 valence electrons. The zero-order valence-electron chi connectivity index (χ0n) is 10.2. The molecule has 4 heteroatoms. The van der Waals surface area contributed by atoms with Crippen LogP contribution in [0.3, 0.4) is 0 Å². The quantitative estimate of drug-likeness (QED) is 0.656. The van der Waals surface area contributed by atoms with E-state index in [9.17, 15) is 4.79 Å². The second kappa shape index (κ2) is 6.80. The van der Waals surface area contributed by atoms with Crippen LogP contribution in [0.1, 0.15) is 40.5 Å². The van der Waals surface area contributed by atoms with Gasteiger partial charge in [-0.1, -0.05) is 6.92 Å². The fourth-order valence-corrected chi connectivity index (χ4v) is 0.931. The highest BCUT2D eigenvalue weighted by Crippen LogP contribution is 2.13. The number of ether oxygens (including phenoxy) is 2. The molecule has 15 heavy (non-hydrogen) atoms. The Morgan fingerprint density at radius 1 is 1.40 bits per heavy atom. The number of nitrogens with two attached hydrogens (primary N) is 1. The predicted octanol–water partition coefficient (Wildman–Crippen LogP) is 1.47. The van der Waals surface area contributed by atoms with Crippen LogP contribution < -0.4 is 5.73 Å². The van der Waals surface area contributed by atoms with Gasteiger partial charge in [0.05, 0.1) is 12.2 Å². The van der Waals surface area contributed by atoms with Gasteiger partial charge in [0.2, 0.25) is 0 Å². The summed E-state index contributed by atoms with van der Waals surface area (Å²) in [6, 6.07) is -0.572. The Bertz CT molecular complexity index is 192. The summed E-state index contributed by atoms with van der Waals surface area (Å²) in [6.45, 7) is 8.72. The Kier molecular flexibility index (Phi) is 6.52. The fraction of sp³-hybridized carbons (Fsp3) is 0.909. The largest absolute Gasteiger partial charge is 0.465 e. The minimum absolute atomic E-state index is 0.144. The average Bonchev–Trinajstić information content (AvgIpc) is 2.18. The minimum atomic E-state index is -0.572. The van der Waals surface area contributed by atoms with E-state index in [1.54, 1.807) is 6.92 Å². The summed E-state index contributed by atoms with van der Waals surface area (Å²) in [7, 11) is 0. The first kappa shape index (κ1) is 14.4. The molecule has 0 heterocycles. The van der Waals surface area contributed by atoms with Gasteiger partial charge < -0.3 is 15.2 Å². The van der Waals surface area contributed by atoms with Crippen LogP contribution in [0.2, 0.25) is 0 Å². The third-order valence-electron chi connectivity index (χ3n) is 2.36. The molecule has 0 aliphatic carbocycles. The third-order valence-corrected chi connectivity index (χ3v) is 2.36. The van der Waals surface area contributed by atoms with Crippen molar-refractivity contribution in [2.45, 2.75) is 52.2 Å². The second-order valence-electron chi connectivity index (χ2n) is 4.11. The predicted molar refractivity (Wildman–Crippen MR) is 59.5 cm³/mol. The first-order valence-corrected chi connectivity index (χ1v) is 5.49. The highest BCUT2D eigenvalue weighted by molar-refractivity contribution is 5.75. The summed E-state index contributed by atoms with van der Waals surface area (Å²) >= 11 is 0. The van der Waals surface area contributed by atoms with E-state index in [0.717, 1.165) is 6.42 Å². The van der Waals surface area contributed by atoms with Crippen LogP contribution in [0.15, 0.2) is 0 Å². The zero-order valence-corrected chi connectivity index (χ0v) is 10.2. The van der Waals surface area contributed by atoms with Crippen LogP contribution in [-0.4, -0.2) is 30.8 Å². The van der Waals surface area contributed by atoms with Crippen molar-refractivity contribution in [1.29, 1.82) is 0 Å². The number of esters is 1. The number of carbonyl (C=O) groups excluding carboxylic acids is 1. The second-order valence-corrected chi connectivity index (χ2v) is 4.11. The first-order valence-electron chi connectivity index (χ1n) is 5.49. The van der Waals surface area contributed by atoms with Crippen molar-refractivity contribution < 1.29 is 14.3 Å². The molecule has 0 aliphatic rings. The molecule has 0 rings (SSSR count). The zero-order chi connectivity index (χ0) is 11.9. The smallest absolute Gasteiger partial charge is 0.322 e. The molecule has 0 radical (unpaired) electrons. The van der Waals surface area contributed by atoms with Crippen LogP contribution >= 0.6 is 0 Å². The van der Waals surface area contributed by atoms with Gasteiger partial charge >= 0.3 is 5.97 Å². The van der Waals surface area contributed by atoms with Crippen molar-refractivity contribution in [1.82, 2.24) is 0 Å². The molecule has 0 bridgehead atoms. The number of hydrogen-bond donors (Lipinski definition) is 1. The summed E-state index contributed by atoms with van der Waals surface area (Å²) in [5, 5.41) is 0. The average molecular weight is 217 g/mol. The lowest BCUT2D eigenvalue weighted by Crippen LogP contribution is -2.35. The van der Waals surface area contributed by atoms with Crippen LogP contribution in [0.5, 0.6) is 0 Å². The molecule has 0 aromatic heterocycles. The maximum Gasteiger partial charge on any atom is 0.322 e. The van der Waals surface area contributed by atoms with Gasteiger partial charge in [0.1, 0.15) is 6.04 Å². The van der Waals surface area contributed by atoms with E-state index in [1.165, 1.54) is 0 Å². The van der Waals surface area contributed by atoms with Gasteiger partial charge in [0, 0.05) is 6.61 Å². The van der Waals surface area contributed by atoms with Crippen molar-refractivity contribution in [2.24, 2.45) is 5.73 Å². The lowest BCUT2D eigenvalue weighted by atomic mass is 10.1. The Morgan fingerprint density at radius 2 is 2.00 bits per heavy atom. The summed E-state index contributed by atoms with van der Waals surface area (Å²) in [6.07, 6.45) is 1.43. The molecule has 4 nitrogen and oxygen atoms in total. The number of carbonyl (C=O) groups is 1. The molecule has 1 atom stereocenters. The Morgan fingerprint density at radius 3 is 2.47 bits per heavy atom. The summed E-state index contributed by atoms with van der Waals surface area (Å²) in [5.74, 6) is -0.351. The number of rotatable bonds is 7. The molecule has 0 aromatic rings. The normalized spacial score (nSPS) is 13.7. The maximum atomic E-state index is 11.2. The molecule has 0 saturated carbocycles. The Balaban J connectivity index is 3.72. The highest BCUT2D eigenvalue weighted by atomic mass is 16.5. The molecule has 0 saturated heterocycles. The van der Waals surface area contributed by atoms with Gasteiger partial charge in [-0.15, -0.1) is 0 Å². The SMILES string of the molecule is CCOC(=O)C(N)CCOC(C)(C)CC. The summed E-state index contributed by atoms with van der Waals surface area (Å²) in [5.41, 5.74) is 5.48. The number of hydrogen-bond acceptors (Lipinski definition) is 4. The van der Waals surface area contributed by atoms with Crippen molar-refractivity contribution in [3.05, 3.63) is 0 Å². The van der Waals surface area contributed by atoms with Gasteiger partial charge in [-0.25, -0.2) is 0 Å². The molecular weight excluding hydrogens is 194 g/mol. The molecule has 0 aromatic carbocycles. The lowest BCUT2D eigenvalue weighted by Gasteiger charge is -2.24. The van der Waals surface area contributed by atoms with Gasteiger partial charge in [0.15, 0.2) is 0 Å². The van der Waals surface area contributed by atoms with E-state index in [2.05, 4.69) is 6.92 Å². The molecule has 0 spiro atoms. The van der Waals surface area contributed by atoms with Crippen LogP contribution in [-0.2, 0) is 14.3 Å². The van der Waals surface area contributed by atoms with E-state index in [1.807, 2.05) is 13.8 Å². The maximum absolute atomic E-state index is 11.2. The summed E-state index contributed by atoms with van der Waals surface area (Å²) in [4.78, 5) is 11.2. The molecular formula is C11H23NO3. The lowest BCUT2D eigenvalue weighted by molar-refractivity contribution is -0.145. The van der Waals surface area contributed by atoms with Crippen LogP contribution in [0, 0.1) is 0 Å². The topological polar surface area (TPSA) is 61.5 Å². The van der Waals surface area contributed by atoms with E-state index < -0.39 is 6.04 Å². The van der Waals surface area contributed by atoms with Crippen molar-refractivity contribution >= 4 is 5.97 Å². The van der Waals surface area contributed by atoms with Gasteiger partial charge in [-0.05, 0) is 33.6 Å². The molecule has 0 aliphatic heterocycles. The monoisotopic (exact) mass is 217 g/mol. The Labute approximate surface area is 92.1 Å². The van der Waals surface area contributed by atoms with E-state index in [0.29, 0.717) is 19.6 Å². The van der Waals surface area contributed by atoms with Crippen molar-refractivity contribution in [3.63, 3.8) is 0 Å². The van der Waals surface area contributed by atoms with Gasteiger partial charge in [0.25, 0.3) is 0 Å². The highest BCUT2D eigenvalue weighted by Gasteiger charge is 2.18. The van der Waals surface area contributed by atoms with E-state index >= 15 is 0 Å². The van der Waals surface area contributed by atoms with Crippen LogP contribution in [0.4, 0.5) is 0 Å². The van der Waals surface area contributed by atoms with Gasteiger partial charge in [-0.3, -0.25) is 4.79 Å². The van der Waals surface area contributed by atoms with Crippen molar-refractivity contribution in [2.75, 3.05) is 13.2 Å². The minimum Gasteiger partial charge on any atom is -0.465 e. The molecule has 1 unspecified atom stereocenters. The summed E-state index contributed by atoms with van der Waals surface area (Å²) < 4.78 is 10.4. The van der Waals surface area contributed by atoms with E-state index in [4.69, 9.17) is 15.2 Å². The molecule has 0 fully saturated rings.